The third-order valence-electron chi connectivity index (χ3n) is 3.91. The summed E-state index contributed by atoms with van der Waals surface area (Å²) >= 11 is 0. The maximum absolute atomic E-state index is 12.2. The van der Waals surface area contributed by atoms with E-state index in [0.29, 0.717) is 12.2 Å². The van der Waals surface area contributed by atoms with Crippen molar-refractivity contribution in [1.82, 2.24) is 5.43 Å². The average Bonchev–Trinajstić information content (AvgIpc) is 2.67. The molecule has 0 aliphatic heterocycles. The Morgan fingerprint density at radius 1 is 1.04 bits per heavy atom. The van der Waals surface area contributed by atoms with E-state index in [-0.39, 0.29) is 5.91 Å². The van der Waals surface area contributed by atoms with Crippen LogP contribution in [-0.2, 0) is 6.61 Å². The molecule has 0 aliphatic rings. The van der Waals surface area contributed by atoms with Crippen LogP contribution >= 0.6 is 0 Å². The second-order valence-corrected chi connectivity index (χ2v) is 5.87. The molecule has 25 heavy (non-hydrogen) atoms. The predicted octanol–water partition coefficient (Wildman–Crippen LogP) is 4.95. The Bertz CT molecular complexity index is 679. The summed E-state index contributed by atoms with van der Waals surface area (Å²) in [6, 6.07) is 17.1. The molecule has 0 bridgehead atoms. The molecular weight excluding hydrogens is 312 g/mol. The quantitative estimate of drug-likeness (QED) is 0.519. The van der Waals surface area contributed by atoms with Crippen molar-refractivity contribution in [1.29, 1.82) is 0 Å². The van der Waals surface area contributed by atoms with Crippen LogP contribution in [0.2, 0.25) is 0 Å². The number of nitrogens with one attached hydrogen (secondary N) is 1. The van der Waals surface area contributed by atoms with Gasteiger partial charge in [-0.2, -0.15) is 5.10 Å². The molecule has 0 fully saturated rings. The van der Waals surface area contributed by atoms with Gasteiger partial charge in [-0.3, -0.25) is 4.79 Å². The SMILES string of the molecule is CCCC/C(CC)=N/NC(=O)c1ccc(OCc2ccccc2)cc1. The lowest BCUT2D eigenvalue weighted by Crippen LogP contribution is -2.19. The first-order chi connectivity index (χ1) is 12.2. The summed E-state index contributed by atoms with van der Waals surface area (Å²) in [5.41, 5.74) is 5.35. The van der Waals surface area contributed by atoms with Gasteiger partial charge < -0.3 is 4.74 Å². The van der Waals surface area contributed by atoms with E-state index >= 15 is 0 Å². The Labute approximate surface area is 149 Å². The van der Waals surface area contributed by atoms with Crippen LogP contribution in [0.25, 0.3) is 0 Å². The van der Waals surface area contributed by atoms with Crippen LogP contribution < -0.4 is 10.2 Å². The molecule has 1 N–H and O–H groups in total. The zero-order chi connectivity index (χ0) is 17.9. The Morgan fingerprint density at radius 3 is 2.40 bits per heavy atom. The molecule has 0 aromatic heterocycles. The van der Waals surface area contributed by atoms with Crippen molar-refractivity contribution in [2.45, 2.75) is 46.1 Å². The van der Waals surface area contributed by atoms with E-state index in [9.17, 15) is 4.79 Å². The molecule has 4 nitrogen and oxygen atoms in total. The number of amides is 1. The fourth-order valence-corrected chi connectivity index (χ4v) is 2.33. The molecule has 0 spiro atoms. The molecule has 0 radical (unpaired) electrons. The van der Waals surface area contributed by atoms with Gasteiger partial charge in [-0.1, -0.05) is 50.6 Å². The molecule has 0 aliphatic carbocycles. The summed E-state index contributed by atoms with van der Waals surface area (Å²) in [5.74, 6) is 0.540. The molecule has 132 valence electrons. The van der Waals surface area contributed by atoms with Crippen molar-refractivity contribution in [2.24, 2.45) is 5.10 Å². The number of hydrogen-bond acceptors (Lipinski definition) is 3. The number of ether oxygens (including phenoxy) is 1. The number of hydrazone groups is 1. The first-order valence-corrected chi connectivity index (χ1v) is 8.85. The van der Waals surface area contributed by atoms with Crippen LogP contribution in [0.15, 0.2) is 59.7 Å². The number of unbranched alkanes of at least 4 members (excludes halogenated alkanes) is 1. The van der Waals surface area contributed by atoms with E-state index in [4.69, 9.17) is 4.74 Å². The Hall–Kier alpha value is -2.62. The van der Waals surface area contributed by atoms with E-state index in [2.05, 4.69) is 24.4 Å². The summed E-state index contributed by atoms with van der Waals surface area (Å²) in [5, 5.41) is 4.24. The van der Waals surface area contributed by atoms with Crippen molar-refractivity contribution in [3.8, 4) is 5.75 Å². The normalized spacial score (nSPS) is 11.2. The van der Waals surface area contributed by atoms with E-state index in [1.807, 2.05) is 30.3 Å². The van der Waals surface area contributed by atoms with Gasteiger partial charge in [0.05, 0.1) is 0 Å². The standard InChI is InChI=1S/C21H26N2O2/c1-3-5-11-19(4-2)22-23-21(24)18-12-14-20(15-13-18)25-16-17-9-7-6-8-10-17/h6-10,12-15H,3-5,11,16H2,1-2H3,(H,23,24)/b22-19+. The maximum Gasteiger partial charge on any atom is 0.271 e. The highest BCUT2D eigenvalue weighted by molar-refractivity contribution is 5.95. The molecule has 4 heteroatoms. The van der Waals surface area contributed by atoms with Gasteiger partial charge in [0, 0.05) is 11.3 Å². The van der Waals surface area contributed by atoms with Crippen LogP contribution in [0.4, 0.5) is 0 Å². The topological polar surface area (TPSA) is 50.7 Å². The van der Waals surface area contributed by atoms with Gasteiger partial charge in [-0.05, 0) is 49.1 Å². The summed E-state index contributed by atoms with van der Waals surface area (Å²) < 4.78 is 5.73. The second-order valence-electron chi connectivity index (χ2n) is 5.87. The summed E-state index contributed by atoms with van der Waals surface area (Å²) in [4.78, 5) is 12.2. The molecule has 0 unspecified atom stereocenters. The zero-order valence-corrected chi connectivity index (χ0v) is 15.0. The Morgan fingerprint density at radius 2 is 1.76 bits per heavy atom. The highest BCUT2D eigenvalue weighted by Crippen LogP contribution is 2.14. The van der Waals surface area contributed by atoms with Gasteiger partial charge >= 0.3 is 0 Å². The van der Waals surface area contributed by atoms with Crippen LogP contribution in [0, 0.1) is 0 Å². The molecule has 1 amide bonds. The van der Waals surface area contributed by atoms with Crippen LogP contribution in [0.3, 0.4) is 0 Å². The first-order valence-electron chi connectivity index (χ1n) is 8.85. The van der Waals surface area contributed by atoms with Crippen molar-refractivity contribution in [2.75, 3.05) is 0 Å². The largest absolute Gasteiger partial charge is 0.489 e. The number of carbonyl (C=O) groups is 1. The number of benzene rings is 2. The lowest BCUT2D eigenvalue weighted by atomic mass is 10.1. The van der Waals surface area contributed by atoms with Crippen molar-refractivity contribution in [3.63, 3.8) is 0 Å². The van der Waals surface area contributed by atoms with Crippen LogP contribution in [-0.4, -0.2) is 11.6 Å². The molecular formula is C21H26N2O2. The Kier molecular flexibility index (Phi) is 7.70. The zero-order valence-electron chi connectivity index (χ0n) is 15.0. The summed E-state index contributed by atoms with van der Waals surface area (Å²) in [6.07, 6.45) is 4.00. The molecule has 0 atom stereocenters. The molecule has 2 aromatic carbocycles. The van der Waals surface area contributed by atoms with Crippen LogP contribution in [0.1, 0.15) is 55.5 Å². The number of carbonyl (C=O) groups excluding carboxylic acids is 1. The van der Waals surface area contributed by atoms with Crippen molar-refractivity contribution in [3.05, 3.63) is 65.7 Å². The Balaban J connectivity index is 1.88. The third kappa shape index (κ3) is 6.42. The lowest BCUT2D eigenvalue weighted by molar-refractivity contribution is 0.0954. The average molecular weight is 338 g/mol. The van der Waals surface area contributed by atoms with Gasteiger partial charge in [-0.25, -0.2) is 5.43 Å². The number of nitrogens with zero attached hydrogens (tertiary/aromatic N) is 1. The van der Waals surface area contributed by atoms with Gasteiger partial charge in [-0.15, -0.1) is 0 Å². The van der Waals surface area contributed by atoms with E-state index in [0.717, 1.165) is 42.7 Å². The molecule has 2 rings (SSSR count). The lowest BCUT2D eigenvalue weighted by Gasteiger charge is -2.07. The fourth-order valence-electron chi connectivity index (χ4n) is 2.33. The van der Waals surface area contributed by atoms with E-state index in [1.54, 1.807) is 24.3 Å². The van der Waals surface area contributed by atoms with Crippen molar-refractivity contribution < 1.29 is 9.53 Å². The monoisotopic (exact) mass is 338 g/mol. The minimum atomic E-state index is -0.197. The molecule has 2 aromatic rings. The number of hydrogen-bond donors (Lipinski definition) is 1. The van der Waals surface area contributed by atoms with Gasteiger partial charge in [0.1, 0.15) is 12.4 Å². The van der Waals surface area contributed by atoms with E-state index < -0.39 is 0 Å². The van der Waals surface area contributed by atoms with Gasteiger partial charge in [0.15, 0.2) is 0 Å². The second kappa shape index (κ2) is 10.3. The summed E-state index contributed by atoms with van der Waals surface area (Å²) in [6.45, 7) is 4.71. The smallest absolute Gasteiger partial charge is 0.271 e. The highest BCUT2D eigenvalue weighted by Gasteiger charge is 2.06. The first kappa shape index (κ1) is 18.7. The third-order valence-corrected chi connectivity index (χ3v) is 3.91. The fraction of sp³-hybridized carbons (Fsp3) is 0.333. The van der Waals surface area contributed by atoms with Gasteiger partial charge in [0.25, 0.3) is 5.91 Å². The molecule has 0 saturated carbocycles. The van der Waals surface area contributed by atoms with E-state index in [1.165, 1.54) is 0 Å². The molecule has 0 heterocycles. The molecule has 0 saturated heterocycles. The minimum Gasteiger partial charge on any atom is -0.489 e. The van der Waals surface area contributed by atoms with Crippen LogP contribution in [0.5, 0.6) is 5.75 Å². The summed E-state index contributed by atoms with van der Waals surface area (Å²) in [7, 11) is 0. The highest BCUT2D eigenvalue weighted by atomic mass is 16.5. The van der Waals surface area contributed by atoms with Crippen molar-refractivity contribution >= 4 is 11.6 Å². The number of rotatable bonds is 9. The minimum absolute atomic E-state index is 0.197. The van der Waals surface area contributed by atoms with Gasteiger partial charge in [0.2, 0.25) is 0 Å². The maximum atomic E-state index is 12.2. The predicted molar refractivity (Wildman–Crippen MR) is 102 cm³/mol.